The highest BCUT2D eigenvalue weighted by Gasteiger charge is 2.18. The lowest BCUT2D eigenvalue weighted by Gasteiger charge is -2.10. The van der Waals surface area contributed by atoms with Crippen LogP contribution in [0.3, 0.4) is 0 Å². The summed E-state index contributed by atoms with van der Waals surface area (Å²) in [5.74, 6) is -2.21. The van der Waals surface area contributed by atoms with Gasteiger partial charge in [0.1, 0.15) is 17.6 Å². The number of carbonyl (C=O) groups is 2. The van der Waals surface area contributed by atoms with Gasteiger partial charge in [-0.05, 0) is 18.2 Å². The maximum Gasteiger partial charge on any atom is 0.377 e. The van der Waals surface area contributed by atoms with E-state index in [1.165, 1.54) is 26.4 Å². The average Bonchev–Trinajstić information content (AvgIpc) is 2.38. The third kappa shape index (κ3) is 3.99. The van der Waals surface area contributed by atoms with Crippen LogP contribution in [0.2, 0.25) is 0 Å². The molecule has 6 nitrogen and oxygen atoms in total. The number of ether oxygens (including phenoxy) is 3. The lowest BCUT2D eigenvalue weighted by Crippen LogP contribution is -2.13. The Labute approximate surface area is 117 Å². The van der Waals surface area contributed by atoms with E-state index in [4.69, 9.17) is 9.84 Å². The number of carboxylic acid groups (broad SMARTS) is 1. The van der Waals surface area contributed by atoms with Crippen molar-refractivity contribution in [3.8, 4) is 5.75 Å². The van der Waals surface area contributed by atoms with Crippen LogP contribution in [0.1, 0.15) is 10.4 Å². The smallest absolute Gasteiger partial charge is 0.377 e. The number of esters is 1. The molecule has 0 heterocycles. The van der Waals surface area contributed by atoms with Crippen LogP contribution >= 0.6 is 15.9 Å². The summed E-state index contributed by atoms with van der Waals surface area (Å²) >= 11 is 3.15. The van der Waals surface area contributed by atoms with Gasteiger partial charge in [-0.3, -0.25) is 0 Å². The maximum absolute atomic E-state index is 11.4. The van der Waals surface area contributed by atoms with Gasteiger partial charge in [0.15, 0.2) is 0 Å². The second kappa shape index (κ2) is 6.79. The van der Waals surface area contributed by atoms with Crippen molar-refractivity contribution in [2.45, 2.75) is 0 Å². The molecule has 19 heavy (non-hydrogen) atoms. The van der Waals surface area contributed by atoms with Gasteiger partial charge in [-0.2, -0.15) is 0 Å². The predicted octanol–water partition coefficient (Wildman–Crippen LogP) is 2.19. The van der Waals surface area contributed by atoms with E-state index in [1.807, 2.05) is 0 Å². The van der Waals surface area contributed by atoms with Crippen molar-refractivity contribution in [2.24, 2.45) is 0 Å². The topological polar surface area (TPSA) is 82.1 Å². The van der Waals surface area contributed by atoms with E-state index in [2.05, 4.69) is 25.4 Å². The van der Waals surface area contributed by atoms with Gasteiger partial charge in [-0.25, -0.2) is 9.59 Å². The number of hydrogen-bond acceptors (Lipinski definition) is 5. The van der Waals surface area contributed by atoms with E-state index in [0.717, 1.165) is 6.26 Å². The third-order valence-electron chi connectivity index (χ3n) is 2.00. The fourth-order valence-electron chi connectivity index (χ4n) is 1.20. The average molecular weight is 331 g/mol. The fraction of sp³-hybridized carbons (Fsp3) is 0.167. The van der Waals surface area contributed by atoms with E-state index in [-0.39, 0.29) is 17.1 Å². The molecule has 7 heteroatoms. The highest BCUT2D eigenvalue weighted by atomic mass is 79.9. The summed E-state index contributed by atoms with van der Waals surface area (Å²) in [4.78, 5) is 22.5. The third-order valence-corrected chi connectivity index (χ3v) is 2.50. The molecular weight excluding hydrogens is 320 g/mol. The SMILES string of the molecule is CO/C=C(/Oc1ccc(Br)cc1C(=O)O)C(=O)OC. The summed E-state index contributed by atoms with van der Waals surface area (Å²) in [6, 6.07) is 4.36. The van der Waals surface area contributed by atoms with E-state index >= 15 is 0 Å². The summed E-state index contributed by atoms with van der Waals surface area (Å²) in [5.41, 5.74) is -0.0970. The van der Waals surface area contributed by atoms with Crippen LogP contribution in [0, 0.1) is 0 Å². The molecule has 1 aromatic carbocycles. The first-order valence-corrected chi connectivity index (χ1v) is 5.81. The predicted molar refractivity (Wildman–Crippen MR) is 68.8 cm³/mol. The molecule has 0 saturated carbocycles. The van der Waals surface area contributed by atoms with Crippen molar-refractivity contribution in [1.29, 1.82) is 0 Å². The van der Waals surface area contributed by atoms with Gasteiger partial charge in [-0.1, -0.05) is 15.9 Å². The first kappa shape index (κ1) is 15.0. The Hall–Kier alpha value is -2.02. The standard InChI is InChI=1S/C12H11BrO6/c1-17-6-10(12(16)18-2)19-9-4-3-7(13)5-8(9)11(14)15/h3-6H,1-2H3,(H,14,15)/b10-6+. The molecule has 1 N–H and O–H groups in total. The Morgan fingerprint density at radius 3 is 2.53 bits per heavy atom. The molecular formula is C12H11BrO6. The summed E-state index contributed by atoms with van der Waals surface area (Å²) in [6.07, 6.45) is 1.03. The molecule has 0 atom stereocenters. The van der Waals surface area contributed by atoms with Crippen LogP contribution in [0.5, 0.6) is 5.75 Å². The normalized spacial score (nSPS) is 10.8. The molecule has 0 aliphatic carbocycles. The Morgan fingerprint density at radius 2 is 2.00 bits per heavy atom. The summed E-state index contributed by atoms with van der Waals surface area (Å²) < 4.78 is 15.0. The number of carbonyl (C=O) groups excluding carboxylic acids is 1. The van der Waals surface area contributed by atoms with Gasteiger partial charge >= 0.3 is 11.9 Å². The second-order valence-corrected chi connectivity index (χ2v) is 4.17. The molecule has 0 amide bonds. The molecule has 0 bridgehead atoms. The molecule has 0 aliphatic rings. The Bertz CT molecular complexity index is 523. The van der Waals surface area contributed by atoms with Crippen molar-refractivity contribution in [3.63, 3.8) is 0 Å². The van der Waals surface area contributed by atoms with Crippen molar-refractivity contribution in [1.82, 2.24) is 0 Å². The zero-order valence-corrected chi connectivity index (χ0v) is 11.8. The lowest BCUT2D eigenvalue weighted by molar-refractivity contribution is -0.138. The minimum Gasteiger partial charge on any atom is -0.500 e. The molecule has 102 valence electrons. The van der Waals surface area contributed by atoms with Gasteiger partial charge in [0, 0.05) is 4.47 Å². The molecule has 1 aromatic rings. The number of rotatable bonds is 5. The first-order valence-electron chi connectivity index (χ1n) is 5.01. The molecule has 0 spiro atoms. The van der Waals surface area contributed by atoms with Crippen LogP contribution in [0.25, 0.3) is 0 Å². The lowest BCUT2D eigenvalue weighted by atomic mass is 10.2. The monoisotopic (exact) mass is 330 g/mol. The molecule has 1 rings (SSSR count). The van der Waals surface area contributed by atoms with Crippen molar-refractivity contribution >= 4 is 27.9 Å². The number of carboxylic acids is 1. The van der Waals surface area contributed by atoms with Gasteiger partial charge in [-0.15, -0.1) is 0 Å². The molecule has 0 saturated heterocycles. The molecule has 0 aliphatic heterocycles. The minimum absolute atomic E-state index is 0.00407. The number of hydrogen-bond donors (Lipinski definition) is 1. The number of methoxy groups -OCH3 is 2. The van der Waals surface area contributed by atoms with E-state index in [1.54, 1.807) is 6.07 Å². The van der Waals surface area contributed by atoms with Crippen LogP contribution in [0.15, 0.2) is 34.7 Å². The molecule has 0 radical (unpaired) electrons. The number of halogens is 1. The second-order valence-electron chi connectivity index (χ2n) is 3.26. The Morgan fingerprint density at radius 1 is 1.32 bits per heavy atom. The van der Waals surface area contributed by atoms with E-state index in [0.29, 0.717) is 4.47 Å². The summed E-state index contributed by atoms with van der Waals surface area (Å²) in [6.45, 7) is 0. The van der Waals surface area contributed by atoms with Crippen molar-refractivity contribution < 1.29 is 28.9 Å². The molecule has 0 aromatic heterocycles. The van der Waals surface area contributed by atoms with Crippen LogP contribution in [0.4, 0.5) is 0 Å². The van der Waals surface area contributed by atoms with Crippen LogP contribution in [-0.4, -0.2) is 31.3 Å². The highest BCUT2D eigenvalue weighted by Crippen LogP contribution is 2.25. The zero-order valence-electron chi connectivity index (χ0n) is 10.2. The van der Waals surface area contributed by atoms with Crippen molar-refractivity contribution in [3.05, 3.63) is 40.3 Å². The maximum atomic E-state index is 11.4. The van der Waals surface area contributed by atoms with Gasteiger partial charge in [0.2, 0.25) is 5.76 Å². The first-order chi connectivity index (χ1) is 8.99. The highest BCUT2D eigenvalue weighted by molar-refractivity contribution is 9.10. The molecule has 0 fully saturated rings. The summed E-state index contributed by atoms with van der Waals surface area (Å²) in [5, 5.41) is 9.06. The van der Waals surface area contributed by atoms with E-state index in [9.17, 15) is 9.59 Å². The zero-order chi connectivity index (χ0) is 14.4. The Kier molecular flexibility index (Phi) is 5.37. The van der Waals surface area contributed by atoms with Crippen LogP contribution in [-0.2, 0) is 14.3 Å². The van der Waals surface area contributed by atoms with Gasteiger partial charge < -0.3 is 19.3 Å². The minimum atomic E-state index is -1.18. The Balaban J connectivity index is 3.13. The largest absolute Gasteiger partial charge is 0.500 e. The fourth-order valence-corrected chi connectivity index (χ4v) is 1.56. The van der Waals surface area contributed by atoms with E-state index < -0.39 is 11.9 Å². The quantitative estimate of drug-likeness (QED) is 0.506. The van der Waals surface area contributed by atoms with Crippen molar-refractivity contribution in [2.75, 3.05) is 14.2 Å². The summed E-state index contributed by atoms with van der Waals surface area (Å²) in [7, 11) is 2.50. The molecule has 0 unspecified atom stereocenters. The number of aromatic carboxylic acids is 1. The number of benzene rings is 1. The van der Waals surface area contributed by atoms with Gasteiger partial charge in [0.25, 0.3) is 0 Å². The van der Waals surface area contributed by atoms with Gasteiger partial charge in [0.05, 0.1) is 14.2 Å². The van der Waals surface area contributed by atoms with Crippen LogP contribution < -0.4 is 4.74 Å².